The van der Waals surface area contributed by atoms with Gasteiger partial charge in [-0.3, -0.25) is 19.7 Å². The minimum Gasteiger partial charge on any atom is -0.408 e. The van der Waals surface area contributed by atoms with Crippen molar-refractivity contribution in [1.82, 2.24) is 25.7 Å². The van der Waals surface area contributed by atoms with E-state index in [0.29, 0.717) is 37.0 Å². The fourth-order valence-corrected chi connectivity index (χ4v) is 4.53. The Morgan fingerprint density at radius 1 is 1.13 bits per heavy atom. The highest BCUT2D eigenvalue weighted by Crippen LogP contribution is 2.30. The quantitative estimate of drug-likeness (QED) is 0.604. The number of hydrogen-bond donors (Lipinski definition) is 3. The van der Waals surface area contributed by atoms with Gasteiger partial charge in [0.05, 0.1) is 0 Å². The van der Waals surface area contributed by atoms with Crippen LogP contribution in [0.5, 0.6) is 0 Å². The second-order valence-electron chi connectivity index (χ2n) is 8.17. The monoisotopic (exact) mass is 424 g/mol. The number of carbonyl (C=O) groups excluding carboxylic acids is 3. The number of nitrogens with one attached hydrogen (secondary N) is 3. The van der Waals surface area contributed by atoms with Crippen LogP contribution in [0, 0.1) is 0 Å². The van der Waals surface area contributed by atoms with Gasteiger partial charge in [0.25, 0.3) is 5.91 Å². The van der Waals surface area contributed by atoms with Gasteiger partial charge in [-0.2, -0.15) is 0 Å². The summed E-state index contributed by atoms with van der Waals surface area (Å²) >= 11 is 0. The summed E-state index contributed by atoms with van der Waals surface area (Å²) in [6.45, 7) is 2.66. The first kappa shape index (κ1) is 19.7. The van der Waals surface area contributed by atoms with E-state index in [4.69, 9.17) is 4.42 Å². The normalized spacial score (nSPS) is 21.9. The molecule has 2 fully saturated rings. The van der Waals surface area contributed by atoms with Crippen molar-refractivity contribution in [3.63, 3.8) is 0 Å². The van der Waals surface area contributed by atoms with Crippen molar-refractivity contribution in [3.8, 4) is 0 Å². The third-order valence-electron chi connectivity index (χ3n) is 6.24. The van der Waals surface area contributed by atoms with Crippen LogP contribution >= 0.6 is 0 Å². The Kier molecular flexibility index (Phi) is 5.14. The van der Waals surface area contributed by atoms with E-state index in [1.165, 1.54) is 0 Å². The summed E-state index contributed by atoms with van der Waals surface area (Å²) in [7, 11) is 0. The number of benzene rings is 1. The number of rotatable bonds is 5. The average Bonchev–Trinajstić information content (AvgIpc) is 3.38. The molecule has 1 unspecified atom stereocenters. The van der Waals surface area contributed by atoms with Crippen molar-refractivity contribution in [2.45, 2.75) is 50.7 Å². The number of aromatic nitrogens is 2. The summed E-state index contributed by atoms with van der Waals surface area (Å²) in [6.07, 6.45) is 2.54. The Hall–Kier alpha value is -3.27. The number of nitrogens with zero attached hydrogens (tertiary/aromatic N) is 3. The highest BCUT2D eigenvalue weighted by atomic mass is 16.4. The van der Waals surface area contributed by atoms with E-state index in [9.17, 15) is 14.4 Å². The number of carbonyl (C=O) groups is 3. The predicted molar refractivity (Wildman–Crippen MR) is 109 cm³/mol. The molecule has 3 amide bonds. The molecule has 3 N–H and O–H groups in total. The van der Waals surface area contributed by atoms with E-state index in [0.717, 1.165) is 37.1 Å². The van der Waals surface area contributed by atoms with E-state index in [1.807, 2.05) is 12.1 Å². The molecular weight excluding hydrogens is 400 g/mol. The molecule has 10 heteroatoms. The van der Waals surface area contributed by atoms with Crippen LogP contribution in [0.25, 0.3) is 0 Å². The van der Waals surface area contributed by atoms with Crippen LogP contribution in [-0.2, 0) is 22.7 Å². The average molecular weight is 424 g/mol. The maximum atomic E-state index is 12.9. The molecule has 0 aliphatic carbocycles. The van der Waals surface area contributed by atoms with Gasteiger partial charge >= 0.3 is 6.01 Å². The van der Waals surface area contributed by atoms with Crippen molar-refractivity contribution < 1.29 is 18.8 Å². The Morgan fingerprint density at radius 2 is 1.97 bits per heavy atom. The Bertz CT molecular complexity index is 1030. The fraction of sp³-hybridized carbons (Fsp3) is 0.476. The minimum atomic E-state index is -0.623. The third-order valence-corrected chi connectivity index (χ3v) is 6.24. The zero-order valence-corrected chi connectivity index (χ0v) is 17.0. The van der Waals surface area contributed by atoms with E-state index >= 15 is 0 Å². The molecule has 0 spiro atoms. The number of fused-ring (bicyclic) bond motifs is 1. The van der Waals surface area contributed by atoms with Crippen LogP contribution in [0.4, 0.5) is 6.01 Å². The van der Waals surface area contributed by atoms with Crippen LogP contribution in [-0.4, -0.2) is 52.0 Å². The fourth-order valence-electron chi connectivity index (χ4n) is 4.53. The maximum Gasteiger partial charge on any atom is 0.315 e. The second kappa shape index (κ2) is 8.10. The molecule has 1 atom stereocenters. The smallest absolute Gasteiger partial charge is 0.315 e. The maximum absolute atomic E-state index is 12.9. The first-order valence-corrected chi connectivity index (χ1v) is 10.6. The van der Waals surface area contributed by atoms with E-state index in [-0.39, 0.29) is 24.2 Å². The summed E-state index contributed by atoms with van der Waals surface area (Å²) in [5, 5.41) is 17.1. The highest BCUT2D eigenvalue weighted by Gasteiger charge is 2.39. The molecule has 2 saturated heterocycles. The topological polar surface area (TPSA) is 129 Å². The molecule has 1 aromatic heterocycles. The lowest BCUT2D eigenvalue weighted by molar-refractivity contribution is -0.136. The van der Waals surface area contributed by atoms with Gasteiger partial charge in [-0.15, -0.1) is 5.10 Å². The molecule has 2 aromatic rings. The van der Waals surface area contributed by atoms with E-state index < -0.39 is 11.9 Å². The predicted octanol–water partition coefficient (Wildman–Crippen LogP) is 0.910. The lowest BCUT2D eigenvalue weighted by atomic mass is 9.98. The molecule has 0 saturated carbocycles. The molecule has 31 heavy (non-hydrogen) atoms. The van der Waals surface area contributed by atoms with E-state index in [2.05, 4.69) is 26.1 Å². The Labute approximate surface area is 178 Å². The lowest BCUT2D eigenvalue weighted by Gasteiger charge is -2.29. The van der Waals surface area contributed by atoms with Gasteiger partial charge in [-0.05, 0) is 49.5 Å². The van der Waals surface area contributed by atoms with Crippen molar-refractivity contribution in [2.75, 3.05) is 18.4 Å². The standard InChI is InChI=1S/C21H24N6O4/c28-17-5-4-16(18(29)24-17)27-11-15-13(2-1-3-14(15)20(27)30)10-23-21-26-25-19(31-21)12-6-8-22-9-7-12/h1-3,12,16,22H,4-11H2,(H,23,26)(H,24,28,29). The van der Waals surface area contributed by atoms with Gasteiger partial charge in [0, 0.05) is 31.0 Å². The molecule has 4 heterocycles. The number of amides is 3. The molecule has 0 radical (unpaired) electrons. The molecule has 10 nitrogen and oxygen atoms in total. The van der Waals surface area contributed by atoms with Crippen molar-refractivity contribution in [3.05, 3.63) is 40.8 Å². The molecule has 5 rings (SSSR count). The van der Waals surface area contributed by atoms with Crippen LogP contribution in [0.1, 0.15) is 59.0 Å². The number of piperidine rings is 2. The first-order chi connectivity index (χ1) is 15.1. The van der Waals surface area contributed by atoms with Crippen molar-refractivity contribution in [2.24, 2.45) is 0 Å². The van der Waals surface area contributed by atoms with Crippen molar-refractivity contribution >= 4 is 23.7 Å². The Morgan fingerprint density at radius 3 is 2.77 bits per heavy atom. The molecule has 0 bridgehead atoms. The number of hydrogen-bond acceptors (Lipinski definition) is 8. The molecule has 3 aliphatic heterocycles. The van der Waals surface area contributed by atoms with Gasteiger partial charge < -0.3 is 20.0 Å². The zero-order chi connectivity index (χ0) is 21.4. The van der Waals surface area contributed by atoms with Crippen LogP contribution in [0.3, 0.4) is 0 Å². The molecule has 3 aliphatic rings. The largest absolute Gasteiger partial charge is 0.408 e. The summed E-state index contributed by atoms with van der Waals surface area (Å²) in [6, 6.07) is 5.28. The summed E-state index contributed by atoms with van der Waals surface area (Å²) < 4.78 is 5.80. The first-order valence-electron chi connectivity index (χ1n) is 10.6. The molecule has 162 valence electrons. The lowest BCUT2D eigenvalue weighted by Crippen LogP contribution is -2.52. The molecule has 1 aromatic carbocycles. The van der Waals surface area contributed by atoms with Gasteiger partial charge in [-0.1, -0.05) is 17.2 Å². The van der Waals surface area contributed by atoms with E-state index in [1.54, 1.807) is 11.0 Å². The summed E-state index contributed by atoms with van der Waals surface area (Å²) in [4.78, 5) is 38.2. The summed E-state index contributed by atoms with van der Waals surface area (Å²) in [5.41, 5.74) is 2.40. The SMILES string of the molecule is O=C1CCC(N2Cc3c(CNc4nnc(C5CCNCC5)o4)cccc3C2=O)C(=O)N1. The highest BCUT2D eigenvalue weighted by molar-refractivity contribution is 6.05. The van der Waals surface area contributed by atoms with Crippen LogP contribution in [0.2, 0.25) is 0 Å². The second-order valence-corrected chi connectivity index (χ2v) is 8.17. The Balaban J connectivity index is 1.28. The third kappa shape index (κ3) is 3.78. The van der Waals surface area contributed by atoms with Crippen LogP contribution in [0.15, 0.2) is 22.6 Å². The van der Waals surface area contributed by atoms with Crippen molar-refractivity contribution in [1.29, 1.82) is 0 Å². The number of anilines is 1. The van der Waals surface area contributed by atoms with Crippen LogP contribution < -0.4 is 16.0 Å². The zero-order valence-electron chi connectivity index (χ0n) is 17.0. The van der Waals surface area contributed by atoms with Gasteiger partial charge in [0.1, 0.15) is 6.04 Å². The van der Waals surface area contributed by atoms with Gasteiger partial charge in [-0.25, -0.2) is 0 Å². The summed E-state index contributed by atoms with van der Waals surface area (Å²) in [5.74, 6) is 0.0518. The minimum absolute atomic E-state index is 0.183. The molecular formula is C21H24N6O4. The van der Waals surface area contributed by atoms with Gasteiger partial charge in [0.15, 0.2) is 0 Å². The van der Waals surface area contributed by atoms with Gasteiger partial charge in [0.2, 0.25) is 17.7 Å². The number of imide groups is 1.